The first-order valence-electron chi connectivity index (χ1n) is 6.38. The maximum absolute atomic E-state index is 5.38. The average molecular weight is 234 g/mol. The molecule has 2 N–H and O–H groups in total. The van der Waals surface area contributed by atoms with Crippen molar-refractivity contribution in [1.29, 1.82) is 0 Å². The molecule has 94 valence electrons. The third-order valence-corrected chi connectivity index (χ3v) is 3.30. The van der Waals surface area contributed by atoms with E-state index in [9.17, 15) is 0 Å². The predicted molar refractivity (Wildman–Crippen MR) is 70.6 cm³/mol. The van der Waals surface area contributed by atoms with Gasteiger partial charge in [0, 0.05) is 18.6 Å². The van der Waals surface area contributed by atoms with Crippen LogP contribution in [0.25, 0.3) is 0 Å². The first-order chi connectivity index (χ1) is 8.29. The van der Waals surface area contributed by atoms with E-state index in [0.29, 0.717) is 12.1 Å². The molecule has 1 aromatic carbocycles. The van der Waals surface area contributed by atoms with Crippen molar-refractivity contribution in [3.05, 3.63) is 29.8 Å². The van der Waals surface area contributed by atoms with Crippen LogP contribution in [0.4, 0.5) is 0 Å². The number of hydrogen-bond donors (Lipinski definition) is 2. The van der Waals surface area contributed by atoms with Crippen LogP contribution in [0.15, 0.2) is 24.3 Å². The molecule has 17 heavy (non-hydrogen) atoms. The summed E-state index contributed by atoms with van der Waals surface area (Å²) in [7, 11) is 1.73. The Morgan fingerprint density at radius 1 is 1.47 bits per heavy atom. The van der Waals surface area contributed by atoms with Crippen LogP contribution in [0.1, 0.15) is 18.9 Å². The van der Waals surface area contributed by atoms with Gasteiger partial charge in [-0.3, -0.25) is 0 Å². The third-order valence-electron chi connectivity index (χ3n) is 3.30. The van der Waals surface area contributed by atoms with Crippen molar-refractivity contribution in [2.24, 2.45) is 0 Å². The molecule has 0 radical (unpaired) electrons. The van der Waals surface area contributed by atoms with Gasteiger partial charge in [-0.1, -0.05) is 18.2 Å². The van der Waals surface area contributed by atoms with E-state index >= 15 is 0 Å². The second-order valence-electron chi connectivity index (χ2n) is 4.77. The molecule has 2 atom stereocenters. The van der Waals surface area contributed by atoms with Crippen LogP contribution >= 0.6 is 0 Å². The normalized spacial score (nSPS) is 21.4. The highest BCUT2D eigenvalue weighted by Gasteiger charge is 2.17. The van der Waals surface area contributed by atoms with Gasteiger partial charge >= 0.3 is 0 Å². The number of nitrogens with one attached hydrogen (secondary N) is 2. The van der Waals surface area contributed by atoms with Crippen LogP contribution in [0.3, 0.4) is 0 Å². The Kier molecular flexibility index (Phi) is 4.40. The molecule has 0 saturated carbocycles. The zero-order chi connectivity index (χ0) is 12.1. The smallest absolute Gasteiger partial charge is 0.122 e. The fourth-order valence-corrected chi connectivity index (χ4v) is 2.46. The molecule has 1 aliphatic heterocycles. The zero-order valence-corrected chi connectivity index (χ0v) is 10.7. The first kappa shape index (κ1) is 12.4. The Labute approximate surface area is 104 Å². The van der Waals surface area contributed by atoms with Gasteiger partial charge in [0.1, 0.15) is 5.75 Å². The molecular weight excluding hydrogens is 212 g/mol. The van der Waals surface area contributed by atoms with Crippen LogP contribution in [0, 0.1) is 0 Å². The number of hydrogen-bond acceptors (Lipinski definition) is 3. The van der Waals surface area contributed by atoms with Crippen molar-refractivity contribution < 1.29 is 4.74 Å². The van der Waals surface area contributed by atoms with E-state index in [0.717, 1.165) is 25.3 Å². The summed E-state index contributed by atoms with van der Waals surface area (Å²) in [4.78, 5) is 0. The van der Waals surface area contributed by atoms with Gasteiger partial charge in [0.15, 0.2) is 0 Å². The van der Waals surface area contributed by atoms with E-state index in [-0.39, 0.29) is 0 Å². The van der Waals surface area contributed by atoms with Crippen molar-refractivity contribution in [3.8, 4) is 5.75 Å². The monoisotopic (exact) mass is 234 g/mol. The molecule has 0 aromatic heterocycles. The van der Waals surface area contributed by atoms with Crippen molar-refractivity contribution in [1.82, 2.24) is 10.6 Å². The van der Waals surface area contributed by atoms with Crippen molar-refractivity contribution in [3.63, 3.8) is 0 Å². The number of benzene rings is 1. The predicted octanol–water partition coefficient (Wildman–Crippen LogP) is 1.58. The number of para-hydroxylation sites is 1. The number of rotatable bonds is 5. The molecule has 3 nitrogen and oxygen atoms in total. The van der Waals surface area contributed by atoms with Gasteiger partial charge in [0.25, 0.3) is 0 Å². The fraction of sp³-hybridized carbons (Fsp3) is 0.571. The lowest BCUT2D eigenvalue weighted by atomic mass is 10.1. The second kappa shape index (κ2) is 6.03. The maximum atomic E-state index is 5.38. The Balaban J connectivity index is 1.90. The third kappa shape index (κ3) is 3.45. The second-order valence-corrected chi connectivity index (χ2v) is 4.77. The summed E-state index contributed by atoms with van der Waals surface area (Å²) in [5, 5.41) is 7.04. The molecule has 3 heteroatoms. The largest absolute Gasteiger partial charge is 0.496 e. The molecule has 0 aliphatic carbocycles. The molecular formula is C14H22N2O. The van der Waals surface area contributed by atoms with Gasteiger partial charge in [-0.2, -0.15) is 0 Å². The summed E-state index contributed by atoms with van der Waals surface area (Å²) in [5.74, 6) is 0.991. The molecule has 1 saturated heterocycles. The van der Waals surface area contributed by atoms with Gasteiger partial charge in [0.2, 0.25) is 0 Å². The highest BCUT2D eigenvalue weighted by Crippen LogP contribution is 2.19. The van der Waals surface area contributed by atoms with Gasteiger partial charge in [-0.15, -0.1) is 0 Å². The van der Waals surface area contributed by atoms with E-state index in [1.807, 2.05) is 12.1 Å². The Morgan fingerprint density at radius 3 is 3.00 bits per heavy atom. The van der Waals surface area contributed by atoms with Crippen LogP contribution in [-0.4, -0.2) is 32.3 Å². The molecule has 2 unspecified atom stereocenters. The van der Waals surface area contributed by atoms with Gasteiger partial charge in [-0.05, 0) is 37.9 Å². The van der Waals surface area contributed by atoms with Gasteiger partial charge in [0.05, 0.1) is 7.11 Å². The zero-order valence-electron chi connectivity index (χ0n) is 10.7. The number of methoxy groups -OCH3 is 1. The van der Waals surface area contributed by atoms with E-state index in [1.54, 1.807) is 7.11 Å². The summed E-state index contributed by atoms with van der Waals surface area (Å²) in [6.45, 7) is 4.47. The van der Waals surface area contributed by atoms with Crippen LogP contribution in [0.5, 0.6) is 5.75 Å². The standard InChI is InChI=1S/C14H22N2O/c1-11(16-13-7-8-15-10-13)9-12-5-3-4-6-14(12)17-2/h3-6,11,13,15-16H,7-10H2,1-2H3. The van der Waals surface area contributed by atoms with Gasteiger partial charge < -0.3 is 15.4 Å². The minimum atomic E-state index is 0.483. The maximum Gasteiger partial charge on any atom is 0.122 e. The summed E-state index contributed by atoms with van der Waals surface area (Å²) in [6, 6.07) is 9.36. The Bertz CT molecular complexity index is 348. The molecule has 1 fully saturated rings. The number of ether oxygens (including phenoxy) is 1. The van der Waals surface area contributed by atoms with Crippen LogP contribution in [0.2, 0.25) is 0 Å². The first-order valence-corrected chi connectivity index (χ1v) is 6.38. The summed E-state index contributed by atoms with van der Waals surface area (Å²) in [6.07, 6.45) is 2.25. The molecule has 0 bridgehead atoms. The Morgan fingerprint density at radius 2 is 2.29 bits per heavy atom. The highest BCUT2D eigenvalue weighted by atomic mass is 16.5. The molecule has 1 aliphatic rings. The SMILES string of the molecule is COc1ccccc1CC(C)NC1CCNC1. The molecule has 2 rings (SSSR count). The lowest BCUT2D eigenvalue weighted by Crippen LogP contribution is -2.39. The Hall–Kier alpha value is -1.06. The van der Waals surface area contributed by atoms with Crippen molar-refractivity contribution >= 4 is 0 Å². The minimum Gasteiger partial charge on any atom is -0.496 e. The lowest BCUT2D eigenvalue weighted by Gasteiger charge is -2.19. The molecule has 0 spiro atoms. The quantitative estimate of drug-likeness (QED) is 0.811. The van der Waals surface area contributed by atoms with Crippen LogP contribution < -0.4 is 15.4 Å². The summed E-state index contributed by atoms with van der Waals surface area (Å²) in [5.41, 5.74) is 1.28. The molecule has 0 amide bonds. The van der Waals surface area contributed by atoms with Crippen molar-refractivity contribution in [2.75, 3.05) is 20.2 Å². The van der Waals surface area contributed by atoms with E-state index in [4.69, 9.17) is 4.74 Å². The van der Waals surface area contributed by atoms with E-state index < -0.39 is 0 Å². The summed E-state index contributed by atoms with van der Waals surface area (Å²) >= 11 is 0. The van der Waals surface area contributed by atoms with E-state index in [2.05, 4.69) is 29.7 Å². The molecule has 1 heterocycles. The lowest BCUT2D eigenvalue weighted by molar-refractivity contribution is 0.402. The topological polar surface area (TPSA) is 33.3 Å². The van der Waals surface area contributed by atoms with Gasteiger partial charge in [-0.25, -0.2) is 0 Å². The molecule has 1 aromatic rings. The van der Waals surface area contributed by atoms with Crippen LogP contribution in [-0.2, 0) is 6.42 Å². The van der Waals surface area contributed by atoms with Crippen molar-refractivity contribution in [2.45, 2.75) is 31.8 Å². The average Bonchev–Trinajstić information content (AvgIpc) is 2.82. The van der Waals surface area contributed by atoms with E-state index in [1.165, 1.54) is 12.0 Å². The minimum absolute atomic E-state index is 0.483. The summed E-state index contributed by atoms with van der Waals surface area (Å²) < 4.78 is 5.38. The fourth-order valence-electron chi connectivity index (χ4n) is 2.46. The highest BCUT2D eigenvalue weighted by molar-refractivity contribution is 5.33.